The van der Waals surface area contributed by atoms with Crippen LogP contribution < -0.4 is 15.6 Å². The zero-order valence-electron chi connectivity index (χ0n) is 12.2. The van der Waals surface area contributed by atoms with Crippen molar-refractivity contribution in [3.63, 3.8) is 0 Å². The van der Waals surface area contributed by atoms with E-state index in [1.54, 1.807) is 24.3 Å². The van der Waals surface area contributed by atoms with Gasteiger partial charge in [0.2, 0.25) is 0 Å². The number of amides is 2. The Morgan fingerprint density at radius 3 is 2.43 bits per heavy atom. The number of nitrogens with zero attached hydrogens (tertiary/aromatic N) is 1. The number of halogens is 1. The first-order valence-corrected chi connectivity index (χ1v) is 7.09. The molecule has 1 aromatic rings. The molecule has 0 fully saturated rings. The normalized spacial score (nSPS) is 10.3. The van der Waals surface area contributed by atoms with Gasteiger partial charge in [0, 0.05) is 12.1 Å². The van der Waals surface area contributed by atoms with Crippen molar-refractivity contribution in [3.05, 3.63) is 29.8 Å². The zero-order chi connectivity index (χ0) is 15.7. The van der Waals surface area contributed by atoms with Gasteiger partial charge in [-0.15, -0.1) is 11.6 Å². The molecule has 0 saturated carbocycles. The first-order chi connectivity index (χ1) is 10.0. The molecule has 1 aromatic carbocycles. The summed E-state index contributed by atoms with van der Waals surface area (Å²) >= 11 is 5.30. The zero-order valence-corrected chi connectivity index (χ0v) is 12.9. The molecular formula is C14H20ClN3O3. The van der Waals surface area contributed by atoms with Crippen molar-refractivity contribution in [3.8, 4) is 5.75 Å². The molecule has 0 saturated heterocycles. The Balaban J connectivity index is 2.39. The van der Waals surface area contributed by atoms with E-state index in [4.69, 9.17) is 16.3 Å². The van der Waals surface area contributed by atoms with Gasteiger partial charge in [0.15, 0.2) is 0 Å². The van der Waals surface area contributed by atoms with E-state index in [1.807, 2.05) is 14.1 Å². The van der Waals surface area contributed by atoms with Gasteiger partial charge < -0.3 is 9.64 Å². The molecule has 0 aliphatic rings. The van der Waals surface area contributed by atoms with Gasteiger partial charge in [0.25, 0.3) is 11.8 Å². The van der Waals surface area contributed by atoms with Crippen LogP contribution in [0.25, 0.3) is 0 Å². The van der Waals surface area contributed by atoms with Gasteiger partial charge in [-0.3, -0.25) is 20.4 Å². The van der Waals surface area contributed by atoms with Gasteiger partial charge >= 0.3 is 0 Å². The molecule has 7 heteroatoms. The molecule has 1 rings (SSSR count). The first kappa shape index (κ1) is 17.3. The van der Waals surface area contributed by atoms with E-state index in [0.717, 1.165) is 13.0 Å². The molecule has 0 atom stereocenters. The summed E-state index contributed by atoms with van der Waals surface area (Å²) in [4.78, 5) is 24.7. The lowest BCUT2D eigenvalue weighted by atomic mass is 10.2. The first-order valence-electron chi connectivity index (χ1n) is 6.55. The van der Waals surface area contributed by atoms with Gasteiger partial charge in [-0.1, -0.05) is 0 Å². The Kier molecular flexibility index (Phi) is 7.56. The average Bonchev–Trinajstić information content (AvgIpc) is 2.49. The third-order valence-electron chi connectivity index (χ3n) is 2.57. The smallest absolute Gasteiger partial charge is 0.269 e. The molecule has 0 heterocycles. The van der Waals surface area contributed by atoms with Crippen LogP contribution in [0.5, 0.6) is 5.75 Å². The highest BCUT2D eigenvalue weighted by Crippen LogP contribution is 2.12. The third kappa shape index (κ3) is 6.97. The van der Waals surface area contributed by atoms with Crippen LogP contribution in [0.2, 0.25) is 0 Å². The fraction of sp³-hybridized carbons (Fsp3) is 0.429. The van der Waals surface area contributed by atoms with Gasteiger partial charge in [-0.05, 0) is 44.8 Å². The van der Waals surface area contributed by atoms with Crippen LogP contribution in [0.4, 0.5) is 0 Å². The van der Waals surface area contributed by atoms with Crippen molar-refractivity contribution in [2.45, 2.75) is 6.42 Å². The van der Waals surface area contributed by atoms with Crippen LogP contribution >= 0.6 is 11.6 Å². The number of hydrogen-bond acceptors (Lipinski definition) is 4. The van der Waals surface area contributed by atoms with E-state index in [2.05, 4.69) is 15.8 Å². The number of hydrogen-bond donors (Lipinski definition) is 2. The van der Waals surface area contributed by atoms with Crippen LogP contribution in [0.1, 0.15) is 16.8 Å². The minimum atomic E-state index is -0.467. The van der Waals surface area contributed by atoms with Crippen LogP contribution in [-0.4, -0.2) is 49.8 Å². The van der Waals surface area contributed by atoms with E-state index in [-0.39, 0.29) is 5.88 Å². The Morgan fingerprint density at radius 1 is 1.19 bits per heavy atom. The van der Waals surface area contributed by atoms with Crippen molar-refractivity contribution in [2.24, 2.45) is 0 Å². The van der Waals surface area contributed by atoms with Crippen LogP contribution in [0.3, 0.4) is 0 Å². The fourth-order valence-corrected chi connectivity index (χ4v) is 1.57. The molecule has 0 aliphatic heterocycles. The number of nitrogens with one attached hydrogen (secondary N) is 2. The Bertz CT molecular complexity index is 463. The highest BCUT2D eigenvalue weighted by Gasteiger charge is 2.06. The molecular weight excluding hydrogens is 294 g/mol. The predicted octanol–water partition coefficient (Wildman–Crippen LogP) is 1.02. The molecule has 0 aliphatic carbocycles. The minimum Gasteiger partial charge on any atom is -0.494 e. The molecule has 6 nitrogen and oxygen atoms in total. The summed E-state index contributed by atoms with van der Waals surface area (Å²) in [5, 5.41) is 0. The number of ether oxygens (including phenoxy) is 1. The van der Waals surface area contributed by atoms with E-state index in [1.165, 1.54) is 0 Å². The maximum atomic E-state index is 11.7. The summed E-state index contributed by atoms with van der Waals surface area (Å²) in [6, 6.07) is 6.69. The molecule has 0 bridgehead atoms. The number of carbonyl (C=O) groups excluding carboxylic acids is 2. The highest BCUT2D eigenvalue weighted by molar-refractivity contribution is 6.27. The van der Waals surface area contributed by atoms with E-state index >= 15 is 0 Å². The topological polar surface area (TPSA) is 70.7 Å². The standard InChI is InChI=1S/C14H20ClN3O3/c1-18(2)8-3-9-21-12-6-4-11(5-7-12)14(20)17-16-13(19)10-15/h4-7H,3,8-10H2,1-2H3,(H,16,19)(H,17,20). The van der Waals surface area contributed by atoms with Gasteiger partial charge in [-0.25, -0.2) is 0 Å². The molecule has 0 aromatic heterocycles. The van der Waals surface area contributed by atoms with Crippen LogP contribution in [-0.2, 0) is 4.79 Å². The van der Waals surface area contributed by atoms with Crippen LogP contribution in [0, 0.1) is 0 Å². The molecule has 2 amide bonds. The largest absolute Gasteiger partial charge is 0.494 e. The van der Waals surface area contributed by atoms with E-state index < -0.39 is 11.8 Å². The summed E-state index contributed by atoms with van der Waals surface area (Å²) < 4.78 is 5.56. The lowest BCUT2D eigenvalue weighted by Gasteiger charge is -2.11. The lowest BCUT2D eigenvalue weighted by Crippen LogP contribution is -2.42. The summed E-state index contributed by atoms with van der Waals surface area (Å²) in [6.07, 6.45) is 0.930. The van der Waals surface area contributed by atoms with Crippen molar-refractivity contribution in [1.29, 1.82) is 0 Å². The number of carbonyl (C=O) groups is 2. The Labute approximate surface area is 129 Å². The maximum absolute atomic E-state index is 11.7. The quantitative estimate of drug-likeness (QED) is 0.448. The molecule has 116 valence electrons. The molecule has 0 radical (unpaired) electrons. The summed E-state index contributed by atoms with van der Waals surface area (Å²) in [5.74, 6) is -0.381. The fourth-order valence-electron chi connectivity index (χ4n) is 1.51. The van der Waals surface area contributed by atoms with Crippen molar-refractivity contribution in [1.82, 2.24) is 15.8 Å². The summed E-state index contributed by atoms with van der Waals surface area (Å²) in [6.45, 7) is 1.58. The van der Waals surface area contributed by atoms with Crippen LogP contribution in [0.15, 0.2) is 24.3 Å². The predicted molar refractivity (Wildman–Crippen MR) is 81.4 cm³/mol. The van der Waals surface area contributed by atoms with E-state index in [0.29, 0.717) is 17.9 Å². The summed E-state index contributed by atoms with van der Waals surface area (Å²) in [5.41, 5.74) is 4.88. The average molecular weight is 314 g/mol. The SMILES string of the molecule is CN(C)CCCOc1ccc(C(=O)NNC(=O)CCl)cc1. The van der Waals surface area contributed by atoms with Crippen molar-refractivity contribution >= 4 is 23.4 Å². The number of alkyl halides is 1. The number of benzene rings is 1. The monoisotopic (exact) mass is 313 g/mol. The Hall–Kier alpha value is -1.79. The molecule has 0 unspecified atom stereocenters. The second kappa shape index (κ2) is 9.20. The summed E-state index contributed by atoms with van der Waals surface area (Å²) in [7, 11) is 4.02. The van der Waals surface area contributed by atoms with Crippen molar-refractivity contribution in [2.75, 3.05) is 33.1 Å². The second-order valence-electron chi connectivity index (χ2n) is 4.67. The Morgan fingerprint density at radius 2 is 1.86 bits per heavy atom. The second-order valence-corrected chi connectivity index (χ2v) is 4.93. The molecule has 0 spiro atoms. The highest BCUT2D eigenvalue weighted by atomic mass is 35.5. The van der Waals surface area contributed by atoms with E-state index in [9.17, 15) is 9.59 Å². The molecule has 2 N–H and O–H groups in total. The number of rotatable bonds is 7. The van der Waals surface area contributed by atoms with Gasteiger partial charge in [0.05, 0.1) is 6.61 Å². The minimum absolute atomic E-state index is 0.208. The lowest BCUT2D eigenvalue weighted by molar-refractivity contribution is -0.119. The number of hydrazine groups is 1. The van der Waals surface area contributed by atoms with Gasteiger partial charge in [0.1, 0.15) is 11.6 Å². The van der Waals surface area contributed by atoms with Crippen molar-refractivity contribution < 1.29 is 14.3 Å². The molecule has 21 heavy (non-hydrogen) atoms. The third-order valence-corrected chi connectivity index (χ3v) is 2.81. The maximum Gasteiger partial charge on any atom is 0.269 e. The van der Waals surface area contributed by atoms with Gasteiger partial charge in [-0.2, -0.15) is 0 Å².